The minimum absolute atomic E-state index is 0.331. The molecule has 3 aliphatic rings. The highest BCUT2D eigenvalue weighted by atomic mass is 16.5. The highest BCUT2D eigenvalue weighted by molar-refractivity contribution is 4.91. The summed E-state index contributed by atoms with van der Waals surface area (Å²) >= 11 is 0. The van der Waals surface area contributed by atoms with Gasteiger partial charge in [-0.15, -0.1) is 0 Å². The van der Waals surface area contributed by atoms with Gasteiger partial charge >= 0.3 is 0 Å². The second-order valence-corrected chi connectivity index (χ2v) is 6.79. The molecule has 19 heavy (non-hydrogen) atoms. The van der Waals surface area contributed by atoms with E-state index in [2.05, 4.69) is 5.32 Å². The summed E-state index contributed by atoms with van der Waals surface area (Å²) in [6.45, 7) is 4.31. The monoisotopic (exact) mass is 269 g/mol. The Kier molecular flexibility index (Phi) is 4.13. The lowest BCUT2D eigenvalue weighted by atomic mass is 9.75. The van der Waals surface area contributed by atoms with E-state index in [1.54, 1.807) is 0 Å². The zero-order valence-corrected chi connectivity index (χ0v) is 11.8. The van der Waals surface area contributed by atoms with Crippen molar-refractivity contribution in [1.82, 2.24) is 5.32 Å². The zero-order chi connectivity index (χ0) is 13.2. The predicted molar refractivity (Wildman–Crippen MR) is 73.1 cm³/mol. The van der Waals surface area contributed by atoms with Gasteiger partial charge in [-0.05, 0) is 50.4 Å². The first-order valence-electron chi connectivity index (χ1n) is 7.82. The highest BCUT2D eigenvalue weighted by Gasteiger charge is 2.38. The van der Waals surface area contributed by atoms with Gasteiger partial charge in [0.05, 0.1) is 18.3 Å². The van der Waals surface area contributed by atoms with Crippen molar-refractivity contribution in [3.63, 3.8) is 0 Å². The summed E-state index contributed by atoms with van der Waals surface area (Å²) in [5.74, 6) is 0. The van der Waals surface area contributed by atoms with Crippen molar-refractivity contribution in [3.8, 4) is 0 Å². The number of ether oxygens (including phenoxy) is 2. The van der Waals surface area contributed by atoms with Gasteiger partial charge in [-0.2, -0.15) is 0 Å². The Morgan fingerprint density at radius 2 is 1.89 bits per heavy atom. The fraction of sp³-hybridized carbons (Fsp3) is 1.00. The molecule has 1 spiro atoms. The lowest BCUT2D eigenvalue weighted by molar-refractivity contribution is -0.105. The highest BCUT2D eigenvalue weighted by Crippen LogP contribution is 2.39. The molecular formula is C15H27NO3. The Morgan fingerprint density at radius 1 is 1.11 bits per heavy atom. The molecule has 0 bridgehead atoms. The first kappa shape index (κ1) is 13.8. The number of hydrogen-bond acceptors (Lipinski definition) is 4. The molecule has 2 aliphatic heterocycles. The van der Waals surface area contributed by atoms with Crippen molar-refractivity contribution >= 4 is 0 Å². The van der Waals surface area contributed by atoms with Crippen LogP contribution in [0, 0.1) is 5.41 Å². The number of hydrogen-bond donors (Lipinski definition) is 2. The van der Waals surface area contributed by atoms with Crippen LogP contribution in [0.4, 0.5) is 0 Å². The van der Waals surface area contributed by atoms with Crippen molar-refractivity contribution in [2.24, 2.45) is 5.41 Å². The van der Waals surface area contributed by atoms with E-state index in [4.69, 9.17) is 9.47 Å². The molecule has 0 aromatic carbocycles. The molecule has 3 rings (SSSR count). The van der Waals surface area contributed by atoms with Crippen LogP contribution in [0.2, 0.25) is 0 Å². The van der Waals surface area contributed by atoms with Crippen molar-refractivity contribution in [3.05, 3.63) is 0 Å². The smallest absolute Gasteiger partial charge is 0.0771 e. The van der Waals surface area contributed by atoms with Crippen LogP contribution in [0.25, 0.3) is 0 Å². The predicted octanol–water partition coefficient (Wildman–Crippen LogP) is 1.47. The summed E-state index contributed by atoms with van der Waals surface area (Å²) in [4.78, 5) is 0. The quantitative estimate of drug-likeness (QED) is 0.811. The van der Waals surface area contributed by atoms with Crippen LogP contribution in [0.3, 0.4) is 0 Å². The molecule has 4 nitrogen and oxygen atoms in total. The van der Waals surface area contributed by atoms with Crippen molar-refractivity contribution < 1.29 is 14.6 Å². The molecule has 4 heteroatoms. The fourth-order valence-corrected chi connectivity index (χ4v) is 3.50. The average Bonchev–Trinajstić information content (AvgIpc) is 2.40. The summed E-state index contributed by atoms with van der Waals surface area (Å²) in [6, 6.07) is 0. The molecule has 2 heterocycles. The Labute approximate surface area is 115 Å². The van der Waals surface area contributed by atoms with Gasteiger partial charge in [-0.25, -0.2) is 0 Å². The van der Waals surface area contributed by atoms with Gasteiger partial charge in [-0.1, -0.05) is 0 Å². The SMILES string of the molecule is OC1(CNCC2CCC3(CCOCC3)CO2)CCC1. The molecule has 1 aliphatic carbocycles. The molecule has 0 radical (unpaired) electrons. The molecule has 110 valence electrons. The number of rotatable bonds is 4. The summed E-state index contributed by atoms with van der Waals surface area (Å²) in [6.07, 6.45) is 8.14. The van der Waals surface area contributed by atoms with Crippen LogP contribution in [0.5, 0.6) is 0 Å². The molecule has 1 atom stereocenters. The van der Waals surface area contributed by atoms with Crippen LogP contribution >= 0.6 is 0 Å². The van der Waals surface area contributed by atoms with Gasteiger partial charge in [0.25, 0.3) is 0 Å². The maximum absolute atomic E-state index is 10.0. The second kappa shape index (κ2) is 5.68. The number of aliphatic hydroxyl groups is 1. The maximum atomic E-state index is 10.0. The lowest BCUT2D eigenvalue weighted by Crippen LogP contribution is -2.49. The minimum atomic E-state index is -0.420. The van der Waals surface area contributed by atoms with Crippen LogP contribution in [0.1, 0.15) is 44.9 Å². The average molecular weight is 269 g/mol. The first-order valence-corrected chi connectivity index (χ1v) is 7.82. The van der Waals surface area contributed by atoms with E-state index in [9.17, 15) is 5.11 Å². The summed E-state index contributed by atoms with van der Waals surface area (Å²) in [5, 5.41) is 13.4. The zero-order valence-electron chi connectivity index (χ0n) is 11.8. The largest absolute Gasteiger partial charge is 0.389 e. The van der Waals surface area contributed by atoms with E-state index in [1.807, 2.05) is 0 Å². The molecule has 3 fully saturated rings. The molecule has 0 aromatic heterocycles. The van der Waals surface area contributed by atoms with Crippen LogP contribution in [-0.2, 0) is 9.47 Å². The van der Waals surface area contributed by atoms with E-state index in [-0.39, 0.29) is 0 Å². The Morgan fingerprint density at radius 3 is 2.47 bits per heavy atom. The van der Waals surface area contributed by atoms with Crippen LogP contribution in [0.15, 0.2) is 0 Å². The van der Waals surface area contributed by atoms with Crippen LogP contribution < -0.4 is 5.32 Å². The van der Waals surface area contributed by atoms with E-state index >= 15 is 0 Å². The molecule has 2 saturated heterocycles. The van der Waals surface area contributed by atoms with E-state index in [0.717, 1.165) is 65.0 Å². The van der Waals surface area contributed by atoms with Crippen molar-refractivity contribution in [2.75, 3.05) is 32.9 Å². The lowest BCUT2D eigenvalue weighted by Gasteiger charge is -2.43. The topological polar surface area (TPSA) is 50.7 Å². The molecule has 2 N–H and O–H groups in total. The van der Waals surface area contributed by atoms with Gasteiger partial charge in [0, 0.05) is 26.3 Å². The van der Waals surface area contributed by atoms with E-state index < -0.39 is 5.60 Å². The van der Waals surface area contributed by atoms with Gasteiger partial charge < -0.3 is 19.9 Å². The van der Waals surface area contributed by atoms with Gasteiger partial charge in [0.15, 0.2) is 0 Å². The summed E-state index contributed by atoms with van der Waals surface area (Å²) in [7, 11) is 0. The third-order valence-electron chi connectivity index (χ3n) is 5.29. The first-order chi connectivity index (χ1) is 9.20. The van der Waals surface area contributed by atoms with Gasteiger partial charge in [0.1, 0.15) is 0 Å². The number of nitrogens with one attached hydrogen (secondary N) is 1. The molecule has 1 unspecified atom stereocenters. The maximum Gasteiger partial charge on any atom is 0.0771 e. The second-order valence-electron chi connectivity index (χ2n) is 6.79. The minimum Gasteiger partial charge on any atom is -0.389 e. The van der Waals surface area contributed by atoms with E-state index in [0.29, 0.717) is 11.5 Å². The van der Waals surface area contributed by atoms with Crippen LogP contribution in [-0.4, -0.2) is 49.7 Å². The Balaban J connectivity index is 1.36. The van der Waals surface area contributed by atoms with Crippen molar-refractivity contribution in [2.45, 2.75) is 56.7 Å². The Bertz CT molecular complexity index is 288. The standard InChI is InChI=1S/C15H27NO3/c17-15(3-1-4-15)11-16-10-13-2-5-14(12-19-13)6-8-18-9-7-14/h13,16-17H,1-12H2. The Hall–Kier alpha value is -0.160. The van der Waals surface area contributed by atoms with Crippen molar-refractivity contribution in [1.29, 1.82) is 0 Å². The summed E-state index contributed by atoms with van der Waals surface area (Å²) in [5.41, 5.74) is -0.0163. The van der Waals surface area contributed by atoms with Gasteiger partial charge in [0.2, 0.25) is 0 Å². The summed E-state index contributed by atoms with van der Waals surface area (Å²) < 4.78 is 11.5. The molecule has 1 saturated carbocycles. The third-order valence-corrected chi connectivity index (χ3v) is 5.29. The fourth-order valence-electron chi connectivity index (χ4n) is 3.50. The third kappa shape index (κ3) is 3.30. The van der Waals surface area contributed by atoms with E-state index in [1.165, 1.54) is 12.8 Å². The molecule has 0 aromatic rings. The molecular weight excluding hydrogens is 242 g/mol. The molecule has 0 amide bonds. The van der Waals surface area contributed by atoms with Gasteiger partial charge in [-0.3, -0.25) is 0 Å². The normalized spacial score (nSPS) is 33.0.